The first-order valence-corrected chi connectivity index (χ1v) is 5.62. The van der Waals surface area contributed by atoms with E-state index >= 15 is 0 Å². The molecule has 2 heteroatoms. The van der Waals surface area contributed by atoms with Crippen LogP contribution in [0.3, 0.4) is 0 Å². The van der Waals surface area contributed by atoms with Crippen molar-refractivity contribution in [2.24, 2.45) is 28.9 Å². The second-order valence-electron chi connectivity index (χ2n) is 5.62. The minimum atomic E-state index is -0.0784. The van der Waals surface area contributed by atoms with Crippen LogP contribution in [0.5, 0.6) is 0 Å². The van der Waals surface area contributed by atoms with Gasteiger partial charge in [0.15, 0.2) is 0 Å². The predicted octanol–water partition coefficient (Wildman–Crippen LogP) is 1.13. The van der Waals surface area contributed by atoms with Gasteiger partial charge in [-0.1, -0.05) is 0 Å². The van der Waals surface area contributed by atoms with Crippen LogP contribution in [0.4, 0.5) is 0 Å². The molecular weight excluding hydrogens is 162 g/mol. The Morgan fingerprint density at radius 1 is 1.15 bits per heavy atom. The largest absolute Gasteiger partial charge is 0.392 e. The van der Waals surface area contributed by atoms with E-state index in [0.29, 0.717) is 12.5 Å². The molecule has 13 heavy (non-hydrogen) atoms. The topological polar surface area (TPSA) is 46.2 Å². The zero-order valence-electron chi connectivity index (χ0n) is 8.08. The number of aliphatic hydroxyl groups is 1. The second-order valence-corrected chi connectivity index (χ2v) is 5.62. The maximum Gasteiger partial charge on any atom is 0.0637 e. The molecule has 4 saturated carbocycles. The average molecular weight is 181 g/mol. The molecule has 2 nitrogen and oxygen atoms in total. The van der Waals surface area contributed by atoms with Gasteiger partial charge in [0, 0.05) is 12.0 Å². The molecule has 4 aliphatic rings. The van der Waals surface area contributed by atoms with E-state index in [0.717, 1.165) is 11.8 Å². The molecule has 4 bridgehead atoms. The quantitative estimate of drug-likeness (QED) is 0.637. The summed E-state index contributed by atoms with van der Waals surface area (Å²) in [6.07, 6.45) is 6.31. The van der Waals surface area contributed by atoms with Gasteiger partial charge >= 0.3 is 0 Å². The third-order valence-corrected chi connectivity index (χ3v) is 4.81. The molecule has 4 aliphatic carbocycles. The van der Waals surface area contributed by atoms with Crippen LogP contribution < -0.4 is 5.73 Å². The fourth-order valence-corrected chi connectivity index (χ4v) is 4.47. The molecule has 3 unspecified atom stereocenters. The van der Waals surface area contributed by atoms with Crippen molar-refractivity contribution in [3.63, 3.8) is 0 Å². The highest BCUT2D eigenvalue weighted by molar-refractivity contribution is 5.06. The monoisotopic (exact) mass is 181 g/mol. The third kappa shape index (κ3) is 0.962. The molecule has 0 aromatic rings. The SMILES string of the molecule is NCC12CC3CC(CC(C3)C1O)C2. The molecule has 0 aromatic heterocycles. The summed E-state index contributed by atoms with van der Waals surface area (Å²) in [5.74, 6) is 2.38. The number of rotatable bonds is 1. The lowest BCUT2D eigenvalue weighted by molar-refractivity contribution is -0.150. The standard InChI is InChI=1S/C11H19NO/c12-6-11-4-7-1-8(5-11)3-9(2-7)10(11)13/h7-10,13H,1-6,12H2. The van der Waals surface area contributed by atoms with E-state index in [1.165, 1.54) is 32.1 Å². The van der Waals surface area contributed by atoms with Gasteiger partial charge in [-0.25, -0.2) is 0 Å². The number of hydrogen-bond acceptors (Lipinski definition) is 2. The highest BCUT2D eigenvalue weighted by atomic mass is 16.3. The van der Waals surface area contributed by atoms with Crippen LogP contribution in [0.25, 0.3) is 0 Å². The summed E-state index contributed by atoms with van der Waals surface area (Å²) in [5.41, 5.74) is 5.99. The van der Waals surface area contributed by atoms with Gasteiger partial charge in [0.25, 0.3) is 0 Å². The van der Waals surface area contributed by atoms with Crippen molar-refractivity contribution >= 4 is 0 Å². The van der Waals surface area contributed by atoms with E-state index in [9.17, 15) is 5.11 Å². The third-order valence-electron chi connectivity index (χ3n) is 4.81. The molecule has 0 aromatic carbocycles. The van der Waals surface area contributed by atoms with Gasteiger partial charge in [-0.15, -0.1) is 0 Å². The van der Waals surface area contributed by atoms with Crippen molar-refractivity contribution in [3.8, 4) is 0 Å². The minimum absolute atomic E-state index is 0.0784. The minimum Gasteiger partial charge on any atom is -0.392 e. The Kier molecular flexibility index (Phi) is 1.58. The van der Waals surface area contributed by atoms with Crippen LogP contribution in [0, 0.1) is 23.2 Å². The maximum atomic E-state index is 10.2. The predicted molar refractivity (Wildman–Crippen MR) is 51.0 cm³/mol. The maximum absolute atomic E-state index is 10.2. The lowest BCUT2D eigenvalue weighted by Gasteiger charge is -2.59. The van der Waals surface area contributed by atoms with Gasteiger partial charge in [0.2, 0.25) is 0 Å². The zero-order valence-corrected chi connectivity index (χ0v) is 8.08. The van der Waals surface area contributed by atoms with Crippen LogP contribution >= 0.6 is 0 Å². The Labute approximate surface area is 79.5 Å². The molecule has 4 rings (SSSR count). The molecule has 74 valence electrons. The Balaban J connectivity index is 1.95. The van der Waals surface area contributed by atoms with Gasteiger partial charge < -0.3 is 10.8 Å². The van der Waals surface area contributed by atoms with Gasteiger partial charge in [-0.05, 0) is 49.9 Å². The van der Waals surface area contributed by atoms with Gasteiger partial charge in [-0.2, -0.15) is 0 Å². The van der Waals surface area contributed by atoms with Gasteiger partial charge in [0.05, 0.1) is 6.10 Å². The highest BCUT2D eigenvalue weighted by Gasteiger charge is 2.55. The number of nitrogens with two attached hydrogens (primary N) is 1. The molecule has 3 N–H and O–H groups in total. The Morgan fingerprint density at radius 3 is 2.31 bits per heavy atom. The van der Waals surface area contributed by atoms with Crippen molar-refractivity contribution < 1.29 is 5.11 Å². The van der Waals surface area contributed by atoms with Crippen LogP contribution in [0.1, 0.15) is 32.1 Å². The Morgan fingerprint density at radius 2 is 1.77 bits per heavy atom. The molecule has 4 fully saturated rings. The van der Waals surface area contributed by atoms with Gasteiger partial charge in [-0.3, -0.25) is 0 Å². The summed E-state index contributed by atoms with van der Waals surface area (Å²) in [4.78, 5) is 0. The van der Waals surface area contributed by atoms with Crippen molar-refractivity contribution in [2.75, 3.05) is 6.54 Å². The van der Waals surface area contributed by atoms with Crippen LogP contribution in [-0.2, 0) is 0 Å². The molecular formula is C11H19NO. The summed E-state index contributed by atoms with van der Waals surface area (Å²) in [6.45, 7) is 0.706. The van der Waals surface area contributed by atoms with Crippen LogP contribution in [0.2, 0.25) is 0 Å². The highest BCUT2D eigenvalue weighted by Crippen LogP contribution is 2.59. The van der Waals surface area contributed by atoms with E-state index < -0.39 is 0 Å². The Bertz CT molecular complexity index is 214. The summed E-state index contributed by atoms with van der Waals surface area (Å²) in [7, 11) is 0. The fourth-order valence-electron chi connectivity index (χ4n) is 4.47. The first kappa shape index (κ1) is 8.25. The summed E-state index contributed by atoms with van der Waals surface area (Å²) >= 11 is 0. The van der Waals surface area contributed by atoms with Crippen molar-refractivity contribution in [1.29, 1.82) is 0 Å². The van der Waals surface area contributed by atoms with Gasteiger partial charge in [0.1, 0.15) is 0 Å². The van der Waals surface area contributed by atoms with E-state index in [4.69, 9.17) is 5.73 Å². The smallest absolute Gasteiger partial charge is 0.0637 e. The van der Waals surface area contributed by atoms with Crippen molar-refractivity contribution in [3.05, 3.63) is 0 Å². The van der Waals surface area contributed by atoms with Crippen molar-refractivity contribution in [1.82, 2.24) is 0 Å². The summed E-state index contributed by atoms with van der Waals surface area (Å²) in [6, 6.07) is 0. The molecule has 0 aliphatic heterocycles. The first-order valence-electron chi connectivity index (χ1n) is 5.62. The second kappa shape index (κ2) is 2.48. The average Bonchev–Trinajstić information content (AvgIpc) is 2.12. The lowest BCUT2D eigenvalue weighted by atomic mass is 9.48. The van der Waals surface area contributed by atoms with E-state index in [1.54, 1.807) is 0 Å². The zero-order chi connectivity index (χ0) is 9.05. The lowest BCUT2D eigenvalue weighted by Crippen LogP contribution is -2.58. The van der Waals surface area contributed by atoms with E-state index in [-0.39, 0.29) is 11.5 Å². The molecule has 0 radical (unpaired) electrons. The Hall–Kier alpha value is -0.0800. The number of aliphatic hydroxyl groups excluding tert-OH is 1. The summed E-state index contributed by atoms with van der Waals surface area (Å²) < 4.78 is 0. The van der Waals surface area contributed by atoms with E-state index in [2.05, 4.69) is 0 Å². The molecule has 0 spiro atoms. The van der Waals surface area contributed by atoms with Crippen LogP contribution in [-0.4, -0.2) is 17.8 Å². The van der Waals surface area contributed by atoms with E-state index in [1.807, 2.05) is 0 Å². The summed E-state index contributed by atoms with van der Waals surface area (Å²) in [5, 5.41) is 10.2. The fraction of sp³-hybridized carbons (Fsp3) is 1.00. The molecule has 0 saturated heterocycles. The number of hydrogen-bond donors (Lipinski definition) is 2. The van der Waals surface area contributed by atoms with Crippen molar-refractivity contribution in [2.45, 2.75) is 38.2 Å². The normalized spacial score (nSPS) is 58.6. The van der Waals surface area contributed by atoms with Crippen LogP contribution in [0.15, 0.2) is 0 Å². The molecule has 3 atom stereocenters. The molecule has 0 heterocycles. The first-order chi connectivity index (χ1) is 6.23. The molecule has 0 amide bonds.